The van der Waals surface area contributed by atoms with Gasteiger partial charge in [0.1, 0.15) is 5.78 Å². The van der Waals surface area contributed by atoms with Crippen LogP contribution in [0.3, 0.4) is 0 Å². The first-order valence-corrected chi connectivity index (χ1v) is 9.71. The number of Topliss-reactive ketones (excluding diaryl/α,β-unsaturated/α-hetero) is 1. The Morgan fingerprint density at radius 1 is 1.04 bits per heavy atom. The highest BCUT2D eigenvalue weighted by Gasteiger charge is 2.66. The fraction of sp³-hybridized carbons (Fsp3) is 0.857. The topological polar surface area (TPSA) is 35.5 Å². The lowest BCUT2D eigenvalue weighted by atomic mass is 9.42. The average molecular weight is 332 g/mol. The molecular formula is C21H32O3. The molecule has 0 N–H and O–H groups in total. The van der Waals surface area contributed by atoms with Crippen LogP contribution in [-0.4, -0.2) is 24.8 Å². The highest BCUT2D eigenvalue weighted by Crippen LogP contribution is 2.68. The Morgan fingerprint density at radius 3 is 2.38 bits per heavy atom. The molecule has 1 aliphatic heterocycles. The molecule has 1 saturated heterocycles. The number of rotatable bonds is 0. The second-order valence-electron chi connectivity index (χ2n) is 9.63. The van der Waals surface area contributed by atoms with Crippen molar-refractivity contribution in [3.8, 4) is 0 Å². The Morgan fingerprint density at radius 2 is 1.71 bits per heavy atom. The van der Waals surface area contributed by atoms with Gasteiger partial charge in [-0.2, -0.15) is 0 Å². The minimum atomic E-state index is -0.419. The molecule has 0 aromatic rings. The van der Waals surface area contributed by atoms with Crippen molar-refractivity contribution in [2.24, 2.45) is 28.1 Å². The van der Waals surface area contributed by atoms with E-state index in [1.807, 2.05) is 0 Å². The third-order valence-electron chi connectivity index (χ3n) is 8.16. The first kappa shape index (κ1) is 16.8. The molecule has 0 radical (unpaired) electrons. The lowest BCUT2D eigenvalue weighted by Crippen LogP contribution is -2.62. The maximum Gasteiger partial charge on any atom is 0.173 e. The van der Waals surface area contributed by atoms with Crippen molar-refractivity contribution in [2.75, 3.05) is 13.2 Å². The van der Waals surface area contributed by atoms with Crippen molar-refractivity contribution in [1.29, 1.82) is 0 Å². The fourth-order valence-electron chi connectivity index (χ4n) is 6.81. The monoisotopic (exact) mass is 332 g/mol. The van der Waals surface area contributed by atoms with Crippen molar-refractivity contribution in [2.45, 2.75) is 72.5 Å². The van der Waals surface area contributed by atoms with Crippen LogP contribution in [0.4, 0.5) is 0 Å². The maximum absolute atomic E-state index is 13.0. The van der Waals surface area contributed by atoms with Crippen molar-refractivity contribution < 1.29 is 14.3 Å². The van der Waals surface area contributed by atoms with E-state index >= 15 is 0 Å². The Bertz CT molecular complexity index is 598. The molecule has 4 aliphatic rings. The number of carbonyl (C=O) groups excluding carboxylic acids is 1. The molecule has 1 spiro atoms. The lowest BCUT2D eigenvalue weighted by Gasteiger charge is -2.64. The van der Waals surface area contributed by atoms with Crippen LogP contribution in [0, 0.1) is 28.1 Å². The average Bonchev–Trinajstić information content (AvgIpc) is 3.00. The Labute approximate surface area is 146 Å². The Balaban J connectivity index is 1.78. The van der Waals surface area contributed by atoms with Crippen LogP contribution in [-0.2, 0) is 14.3 Å². The predicted octanol–water partition coefficient (Wildman–Crippen LogP) is 4.51. The minimum absolute atomic E-state index is 0.0369. The van der Waals surface area contributed by atoms with Crippen LogP contribution < -0.4 is 0 Å². The third kappa shape index (κ3) is 1.83. The number of hydrogen-bond acceptors (Lipinski definition) is 3. The number of fused-ring (bicyclic) bond motifs is 3. The number of carbonyl (C=O) groups is 1. The molecule has 3 nitrogen and oxygen atoms in total. The van der Waals surface area contributed by atoms with E-state index < -0.39 is 5.79 Å². The summed E-state index contributed by atoms with van der Waals surface area (Å²) < 4.78 is 12.4. The molecule has 3 heteroatoms. The molecule has 4 rings (SSSR count). The lowest BCUT2D eigenvalue weighted by molar-refractivity contribution is -0.284. The van der Waals surface area contributed by atoms with Crippen molar-refractivity contribution in [3.63, 3.8) is 0 Å². The molecule has 3 fully saturated rings. The molecule has 0 amide bonds. The summed E-state index contributed by atoms with van der Waals surface area (Å²) in [6.45, 7) is 12.8. The predicted molar refractivity (Wildman–Crippen MR) is 93.5 cm³/mol. The quantitative estimate of drug-likeness (QED) is 0.612. The molecule has 134 valence electrons. The van der Waals surface area contributed by atoms with Crippen LogP contribution in [0.2, 0.25) is 0 Å². The molecule has 1 heterocycles. The number of hydrogen-bond donors (Lipinski definition) is 0. The van der Waals surface area contributed by atoms with E-state index in [1.165, 1.54) is 5.57 Å². The number of ether oxygens (including phenoxy) is 2. The molecule has 0 unspecified atom stereocenters. The molecule has 0 aromatic heterocycles. The molecule has 0 aromatic carbocycles. The van der Waals surface area contributed by atoms with Gasteiger partial charge < -0.3 is 9.47 Å². The van der Waals surface area contributed by atoms with E-state index in [0.717, 1.165) is 32.1 Å². The highest BCUT2D eigenvalue weighted by atomic mass is 16.7. The van der Waals surface area contributed by atoms with Gasteiger partial charge in [0.2, 0.25) is 0 Å². The van der Waals surface area contributed by atoms with E-state index in [-0.39, 0.29) is 22.2 Å². The van der Waals surface area contributed by atoms with Gasteiger partial charge in [0.05, 0.1) is 13.2 Å². The van der Waals surface area contributed by atoms with Crippen LogP contribution in [0.15, 0.2) is 11.6 Å². The number of ketones is 1. The van der Waals surface area contributed by atoms with E-state index in [4.69, 9.17) is 9.47 Å². The zero-order valence-electron chi connectivity index (χ0n) is 15.9. The largest absolute Gasteiger partial charge is 0.347 e. The summed E-state index contributed by atoms with van der Waals surface area (Å²) in [5.41, 5.74) is 1.23. The normalized spacial score (nSPS) is 46.4. The zero-order chi connectivity index (χ0) is 17.4. The van der Waals surface area contributed by atoms with Gasteiger partial charge in [-0.25, -0.2) is 0 Å². The summed E-state index contributed by atoms with van der Waals surface area (Å²) in [7, 11) is 0. The smallest absolute Gasteiger partial charge is 0.173 e. The van der Waals surface area contributed by atoms with Gasteiger partial charge >= 0.3 is 0 Å². The fourth-order valence-corrected chi connectivity index (χ4v) is 6.81. The summed E-state index contributed by atoms with van der Waals surface area (Å²) in [5.74, 6) is 0.712. The molecule has 24 heavy (non-hydrogen) atoms. The van der Waals surface area contributed by atoms with Crippen molar-refractivity contribution >= 4 is 5.78 Å². The van der Waals surface area contributed by atoms with Crippen molar-refractivity contribution in [1.82, 2.24) is 0 Å². The third-order valence-corrected chi connectivity index (χ3v) is 8.16. The van der Waals surface area contributed by atoms with Gasteiger partial charge in [-0.15, -0.1) is 0 Å². The Hall–Kier alpha value is -0.670. The SMILES string of the molecule is C[C@H]1CC=C2[C@@](C)(CC[C@H]3C(C)(C)C4(CC[C@]23C)OCCO4)C1=O. The molecule has 3 aliphatic carbocycles. The Kier molecular flexibility index (Phi) is 3.46. The van der Waals surface area contributed by atoms with Crippen LogP contribution in [0.1, 0.15) is 66.7 Å². The van der Waals surface area contributed by atoms with E-state index in [1.54, 1.807) is 0 Å². The van der Waals surface area contributed by atoms with Gasteiger partial charge in [0.15, 0.2) is 5.79 Å². The van der Waals surface area contributed by atoms with Crippen LogP contribution >= 0.6 is 0 Å². The summed E-state index contributed by atoms with van der Waals surface area (Å²) in [6.07, 6.45) is 7.38. The van der Waals surface area contributed by atoms with Gasteiger partial charge in [-0.1, -0.05) is 39.3 Å². The van der Waals surface area contributed by atoms with Gasteiger partial charge in [0, 0.05) is 23.2 Å². The van der Waals surface area contributed by atoms with Gasteiger partial charge in [-0.05, 0) is 43.9 Å². The summed E-state index contributed by atoms with van der Waals surface area (Å²) in [5, 5.41) is 0. The second-order valence-corrected chi connectivity index (χ2v) is 9.63. The van der Waals surface area contributed by atoms with Gasteiger partial charge in [-0.3, -0.25) is 4.79 Å². The summed E-state index contributed by atoms with van der Waals surface area (Å²) in [6, 6.07) is 0. The molecular weight excluding hydrogens is 300 g/mol. The number of allylic oxidation sites excluding steroid dienone is 2. The van der Waals surface area contributed by atoms with Crippen molar-refractivity contribution in [3.05, 3.63) is 11.6 Å². The van der Waals surface area contributed by atoms with E-state index in [2.05, 4.69) is 40.7 Å². The van der Waals surface area contributed by atoms with E-state index in [9.17, 15) is 4.79 Å². The van der Waals surface area contributed by atoms with E-state index in [0.29, 0.717) is 24.9 Å². The van der Waals surface area contributed by atoms with Gasteiger partial charge in [0.25, 0.3) is 0 Å². The van der Waals surface area contributed by atoms with Crippen LogP contribution in [0.25, 0.3) is 0 Å². The standard InChI is InChI=1S/C21H32O3/c1-14-6-7-16-19(4)10-11-21(23-12-13-24-21)18(2,3)15(19)8-9-20(16,5)17(14)22/h7,14-15H,6,8-13H2,1-5H3/t14-,15-,19-,20+/m0/s1. The maximum atomic E-state index is 13.0. The van der Waals surface area contributed by atoms with Crippen LogP contribution in [0.5, 0.6) is 0 Å². The zero-order valence-corrected chi connectivity index (χ0v) is 15.9. The molecule has 0 bridgehead atoms. The highest BCUT2D eigenvalue weighted by molar-refractivity contribution is 5.91. The summed E-state index contributed by atoms with van der Waals surface area (Å²) >= 11 is 0. The molecule has 4 atom stereocenters. The second kappa shape index (κ2) is 4.94. The first-order valence-electron chi connectivity index (χ1n) is 9.71. The minimum Gasteiger partial charge on any atom is -0.347 e. The summed E-state index contributed by atoms with van der Waals surface area (Å²) in [4.78, 5) is 13.0. The molecule has 2 saturated carbocycles. The first-order chi connectivity index (χ1) is 11.2.